The minimum atomic E-state index is -4.36. The lowest BCUT2D eigenvalue weighted by molar-refractivity contribution is -0.122. The topological polar surface area (TPSA) is 104 Å². The van der Waals surface area contributed by atoms with Crippen LogP contribution >= 0.6 is 0 Å². The van der Waals surface area contributed by atoms with E-state index in [9.17, 15) is 22.9 Å². The number of hydrogen-bond donors (Lipinski definition) is 3. The molecule has 0 rings (SSSR count). The number of allylic oxidation sites excluding steroid dienone is 15. The van der Waals surface area contributed by atoms with E-state index >= 15 is 0 Å². The monoisotopic (exact) mass is 643 g/mol. The van der Waals surface area contributed by atoms with Crippen molar-refractivity contribution in [3.63, 3.8) is 0 Å². The van der Waals surface area contributed by atoms with Gasteiger partial charge in [0.2, 0.25) is 5.91 Å². The molecule has 0 heterocycles. The molecule has 1 amide bonds. The van der Waals surface area contributed by atoms with Crippen molar-refractivity contribution in [2.24, 2.45) is 0 Å². The van der Waals surface area contributed by atoms with Gasteiger partial charge >= 0.3 is 0 Å². The number of nitrogens with one attached hydrogen (secondary N) is 1. The Hall–Kier alpha value is -2.74. The SMILES string of the molecule is CC/C=C\C/C=C\C/C=C\C/C=C\C/C=C\C/C=C\C/C=C\CCCC(=O)NC(CS(=O)(=O)O)C(O)/C=C/CCCCCCC. The first kappa shape index (κ1) is 42.3. The number of unbranched alkanes of at least 4 members (excludes halogenated alkanes) is 6. The number of aliphatic hydroxyl groups is 1. The highest BCUT2D eigenvalue weighted by atomic mass is 32.2. The number of carbonyl (C=O) groups excluding carboxylic acids is 1. The second kappa shape index (κ2) is 31.3. The van der Waals surface area contributed by atoms with Gasteiger partial charge in [0.1, 0.15) is 0 Å². The summed E-state index contributed by atoms with van der Waals surface area (Å²) in [5, 5.41) is 13.0. The van der Waals surface area contributed by atoms with Gasteiger partial charge in [-0.3, -0.25) is 9.35 Å². The fraction of sp³-hybridized carbons (Fsp3) is 0.553. The van der Waals surface area contributed by atoms with E-state index in [-0.39, 0.29) is 12.3 Å². The van der Waals surface area contributed by atoms with Crippen LogP contribution in [0.5, 0.6) is 0 Å². The van der Waals surface area contributed by atoms with E-state index in [1.807, 2.05) is 12.2 Å². The normalized spacial score (nSPS) is 14.7. The van der Waals surface area contributed by atoms with Gasteiger partial charge in [-0.2, -0.15) is 8.42 Å². The zero-order valence-electron chi connectivity index (χ0n) is 27.9. The molecule has 254 valence electrons. The Morgan fingerprint density at radius 1 is 0.622 bits per heavy atom. The Labute approximate surface area is 275 Å². The van der Waals surface area contributed by atoms with Crippen molar-refractivity contribution in [2.75, 3.05) is 5.75 Å². The zero-order valence-corrected chi connectivity index (χ0v) is 28.8. The molecular weight excluding hydrogens is 582 g/mol. The van der Waals surface area contributed by atoms with Crippen LogP contribution in [0.1, 0.15) is 117 Å². The summed E-state index contributed by atoms with van der Waals surface area (Å²) in [6, 6.07) is -1.09. The third-order valence-corrected chi connectivity index (χ3v) is 7.55. The van der Waals surface area contributed by atoms with E-state index in [1.165, 1.54) is 25.3 Å². The van der Waals surface area contributed by atoms with Crippen molar-refractivity contribution in [1.82, 2.24) is 5.32 Å². The van der Waals surface area contributed by atoms with Crippen LogP contribution in [0.2, 0.25) is 0 Å². The maximum Gasteiger partial charge on any atom is 0.267 e. The van der Waals surface area contributed by atoms with Crippen molar-refractivity contribution in [2.45, 2.75) is 129 Å². The van der Waals surface area contributed by atoms with E-state index in [0.717, 1.165) is 70.6 Å². The van der Waals surface area contributed by atoms with Gasteiger partial charge in [0.25, 0.3) is 10.1 Å². The molecule has 3 N–H and O–H groups in total. The molecule has 0 saturated heterocycles. The van der Waals surface area contributed by atoms with Gasteiger partial charge in [0.15, 0.2) is 0 Å². The van der Waals surface area contributed by atoms with E-state index in [1.54, 1.807) is 0 Å². The summed E-state index contributed by atoms with van der Waals surface area (Å²) < 4.78 is 32.1. The van der Waals surface area contributed by atoms with Crippen LogP contribution in [0.3, 0.4) is 0 Å². The number of rotatable bonds is 28. The van der Waals surface area contributed by atoms with E-state index in [2.05, 4.69) is 98.2 Å². The number of aliphatic hydroxyl groups excluding tert-OH is 1. The molecule has 45 heavy (non-hydrogen) atoms. The molecule has 7 heteroatoms. The Morgan fingerprint density at radius 3 is 1.53 bits per heavy atom. The molecule has 2 unspecified atom stereocenters. The molecule has 0 fully saturated rings. The van der Waals surface area contributed by atoms with E-state index < -0.39 is 28.0 Å². The Bertz CT molecular complexity index is 1060. The third-order valence-electron chi connectivity index (χ3n) is 6.77. The summed E-state index contributed by atoms with van der Waals surface area (Å²) in [5.41, 5.74) is 0. The molecule has 0 aromatic heterocycles. The van der Waals surface area contributed by atoms with Crippen molar-refractivity contribution in [1.29, 1.82) is 0 Å². The summed E-state index contributed by atoms with van der Waals surface area (Å²) in [4.78, 5) is 12.4. The lowest BCUT2D eigenvalue weighted by Gasteiger charge is -2.21. The second-order valence-corrected chi connectivity index (χ2v) is 12.6. The van der Waals surface area contributed by atoms with Crippen molar-refractivity contribution in [3.8, 4) is 0 Å². The van der Waals surface area contributed by atoms with Gasteiger partial charge in [-0.25, -0.2) is 0 Å². The largest absolute Gasteiger partial charge is 0.387 e. The van der Waals surface area contributed by atoms with Crippen LogP contribution in [0.25, 0.3) is 0 Å². The standard InChI is InChI=1S/C38H61NO5S/c1-3-5-7-9-11-12-13-14-15-16-17-18-19-20-21-22-23-24-25-26-28-30-32-34-38(41)39-36(35-45(42,43)44)37(40)33-31-29-27-10-8-6-4-2/h5,7,11-12,14-15,17-18,20-21,23-24,26,28,31,33,36-37,40H,3-4,6,8-10,13,16,19,22,25,27,29-30,32,34-35H2,1-2H3,(H,39,41)(H,42,43,44)/b7-5-,12-11-,15-14-,18-17-,21-20-,24-23-,28-26-,33-31+. The number of hydrogen-bond acceptors (Lipinski definition) is 4. The second-order valence-electron chi connectivity index (χ2n) is 11.1. The third kappa shape index (κ3) is 32.5. The predicted molar refractivity (Wildman–Crippen MR) is 193 cm³/mol. The number of carbonyl (C=O) groups is 1. The number of amides is 1. The predicted octanol–water partition coefficient (Wildman–Crippen LogP) is 9.45. The summed E-state index contributed by atoms with van der Waals surface area (Å²) >= 11 is 0. The Kier molecular flexibility index (Phi) is 29.3. The molecule has 0 radical (unpaired) electrons. The quantitative estimate of drug-likeness (QED) is 0.0448. The maximum atomic E-state index is 12.4. The van der Waals surface area contributed by atoms with Crippen molar-refractivity contribution in [3.05, 3.63) is 97.2 Å². The van der Waals surface area contributed by atoms with E-state index in [4.69, 9.17) is 0 Å². The van der Waals surface area contributed by atoms with Crippen LogP contribution in [-0.4, -0.2) is 41.9 Å². The Balaban J connectivity index is 4.10. The molecule has 0 aliphatic carbocycles. The first-order valence-electron chi connectivity index (χ1n) is 16.9. The molecule has 0 saturated carbocycles. The average molecular weight is 644 g/mol. The minimum absolute atomic E-state index is 0.208. The van der Waals surface area contributed by atoms with Gasteiger partial charge in [0, 0.05) is 6.42 Å². The van der Waals surface area contributed by atoms with Gasteiger partial charge in [0.05, 0.1) is 17.9 Å². The van der Waals surface area contributed by atoms with Crippen LogP contribution in [0.4, 0.5) is 0 Å². The van der Waals surface area contributed by atoms with Gasteiger partial charge in [-0.05, 0) is 70.6 Å². The minimum Gasteiger partial charge on any atom is -0.387 e. The smallest absolute Gasteiger partial charge is 0.267 e. The van der Waals surface area contributed by atoms with Gasteiger partial charge < -0.3 is 10.4 Å². The Morgan fingerprint density at radius 2 is 1.07 bits per heavy atom. The highest BCUT2D eigenvalue weighted by Gasteiger charge is 2.24. The van der Waals surface area contributed by atoms with Crippen LogP contribution in [-0.2, 0) is 14.9 Å². The maximum absolute atomic E-state index is 12.4. The molecule has 6 nitrogen and oxygen atoms in total. The molecule has 2 atom stereocenters. The van der Waals surface area contributed by atoms with Gasteiger partial charge in [-0.1, -0.05) is 137 Å². The van der Waals surface area contributed by atoms with Gasteiger partial charge in [-0.15, -0.1) is 0 Å². The van der Waals surface area contributed by atoms with Crippen LogP contribution < -0.4 is 5.32 Å². The summed E-state index contributed by atoms with van der Waals surface area (Å²) in [5.74, 6) is -1.08. The molecular formula is C38H61NO5S. The summed E-state index contributed by atoms with van der Waals surface area (Å²) in [6.45, 7) is 4.30. The van der Waals surface area contributed by atoms with E-state index in [0.29, 0.717) is 6.42 Å². The molecule has 0 bridgehead atoms. The highest BCUT2D eigenvalue weighted by molar-refractivity contribution is 7.85. The molecule has 0 spiro atoms. The van der Waals surface area contributed by atoms with Crippen LogP contribution in [0.15, 0.2) is 97.2 Å². The zero-order chi connectivity index (χ0) is 33.3. The van der Waals surface area contributed by atoms with Crippen molar-refractivity contribution < 1.29 is 22.9 Å². The molecule has 0 aliphatic heterocycles. The molecule has 0 aromatic carbocycles. The highest BCUT2D eigenvalue weighted by Crippen LogP contribution is 2.08. The molecule has 0 aromatic rings. The molecule has 0 aliphatic rings. The van der Waals surface area contributed by atoms with Crippen LogP contribution in [0, 0.1) is 0 Å². The lowest BCUT2D eigenvalue weighted by Crippen LogP contribution is -2.46. The first-order chi connectivity index (χ1) is 21.8. The average Bonchev–Trinajstić information content (AvgIpc) is 3.00. The lowest BCUT2D eigenvalue weighted by atomic mass is 10.1. The van der Waals surface area contributed by atoms with Crippen molar-refractivity contribution >= 4 is 16.0 Å². The first-order valence-corrected chi connectivity index (χ1v) is 18.5. The summed E-state index contributed by atoms with van der Waals surface area (Å²) in [6.07, 6.45) is 47.0. The summed E-state index contributed by atoms with van der Waals surface area (Å²) in [7, 11) is -4.36. The fourth-order valence-electron chi connectivity index (χ4n) is 4.26. The fourth-order valence-corrected chi connectivity index (χ4v) is 4.99.